The van der Waals surface area contributed by atoms with Gasteiger partial charge in [0.05, 0.1) is 5.69 Å². The number of nitrogens with one attached hydrogen (secondary N) is 1. The van der Waals surface area contributed by atoms with Crippen LogP contribution in [0, 0.1) is 13.8 Å². The number of alkyl halides is 1. The van der Waals surface area contributed by atoms with Crippen molar-refractivity contribution in [1.82, 2.24) is 10.3 Å². The Balaban J connectivity index is 2.38. The Morgan fingerprint density at radius 1 is 1.60 bits per heavy atom. The van der Waals surface area contributed by atoms with Crippen molar-refractivity contribution in [3.05, 3.63) is 17.3 Å². The molecule has 1 rings (SSSR count). The normalized spacial score (nSPS) is 12.5. The Morgan fingerprint density at radius 2 is 2.27 bits per heavy atom. The monoisotopic (exact) mass is 230 g/mol. The molecule has 4 nitrogen and oxygen atoms in total. The largest absolute Gasteiger partial charge is 0.446 e. The summed E-state index contributed by atoms with van der Waals surface area (Å²) in [5.41, 5.74) is 0.884. The average Bonchev–Trinajstić information content (AvgIpc) is 2.45. The van der Waals surface area contributed by atoms with E-state index in [2.05, 4.69) is 10.3 Å². The molecule has 1 amide bonds. The molecular formula is C10H15ClN2O2. The van der Waals surface area contributed by atoms with E-state index in [1.165, 1.54) is 0 Å². The molecule has 1 atom stereocenters. The van der Waals surface area contributed by atoms with Gasteiger partial charge in [0.25, 0.3) is 0 Å². The summed E-state index contributed by atoms with van der Waals surface area (Å²) in [5, 5.41) is 2.22. The van der Waals surface area contributed by atoms with Crippen molar-refractivity contribution in [1.29, 1.82) is 0 Å². The van der Waals surface area contributed by atoms with Crippen LogP contribution in [0.25, 0.3) is 0 Å². The van der Waals surface area contributed by atoms with Gasteiger partial charge in [-0.25, -0.2) is 4.98 Å². The van der Waals surface area contributed by atoms with Gasteiger partial charge in [-0.05, 0) is 13.8 Å². The van der Waals surface area contributed by atoms with E-state index in [0.29, 0.717) is 18.9 Å². The second-order valence-electron chi connectivity index (χ2n) is 3.39. The number of aromatic nitrogens is 1. The van der Waals surface area contributed by atoms with Crippen LogP contribution in [0.15, 0.2) is 4.42 Å². The van der Waals surface area contributed by atoms with Crippen LogP contribution in [0.3, 0.4) is 0 Å². The summed E-state index contributed by atoms with van der Waals surface area (Å²) in [7, 11) is 0. The number of nitrogens with zero attached hydrogens (tertiary/aromatic N) is 1. The number of halogens is 1. The van der Waals surface area contributed by atoms with E-state index in [1.807, 2.05) is 6.92 Å². The van der Waals surface area contributed by atoms with Gasteiger partial charge >= 0.3 is 0 Å². The van der Waals surface area contributed by atoms with Gasteiger partial charge in [0.1, 0.15) is 11.1 Å². The molecule has 0 aliphatic heterocycles. The van der Waals surface area contributed by atoms with Gasteiger partial charge in [-0.3, -0.25) is 4.79 Å². The van der Waals surface area contributed by atoms with Crippen molar-refractivity contribution in [2.75, 3.05) is 6.54 Å². The fraction of sp³-hybridized carbons (Fsp3) is 0.600. The summed E-state index contributed by atoms with van der Waals surface area (Å²) in [6, 6.07) is 0. The summed E-state index contributed by atoms with van der Waals surface area (Å²) in [6.07, 6.45) is 0.665. The number of carbonyl (C=O) groups is 1. The second-order valence-corrected chi connectivity index (χ2v) is 4.05. The molecule has 0 fully saturated rings. The summed E-state index contributed by atoms with van der Waals surface area (Å²) in [5.74, 6) is 1.30. The lowest BCUT2D eigenvalue weighted by atomic mass is 10.2. The van der Waals surface area contributed by atoms with Crippen molar-refractivity contribution >= 4 is 17.5 Å². The molecule has 0 aromatic carbocycles. The van der Waals surface area contributed by atoms with Crippen molar-refractivity contribution in [3.8, 4) is 0 Å². The number of hydrogen-bond acceptors (Lipinski definition) is 3. The fourth-order valence-corrected chi connectivity index (χ4v) is 1.33. The lowest BCUT2D eigenvalue weighted by Gasteiger charge is -2.04. The predicted molar refractivity (Wildman–Crippen MR) is 58.0 cm³/mol. The maximum atomic E-state index is 11.1. The second kappa shape index (κ2) is 5.16. The van der Waals surface area contributed by atoms with E-state index in [9.17, 15) is 4.79 Å². The van der Waals surface area contributed by atoms with Crippen LogP contribution in [-0.4, -0.2) is 22.8 Å². The van der Waals surface area contributed by atoms with Crippen LogP contribution < -0.4 is 5.32 Å². The molecule has 5 heteroatoms. The molecule has 1 unspecified atom stereocenters. The minimum absolute atomic E-state index is 0.158. The highest BCUT2D eigenvalue weighted by molar-refractivity contribution is 6.30. The molecule has 0 bridgehead atoms. The summed E-state index contributed by atoms with van der Waals surface area (Å²) in [4.78, 5) is 15.3. The Hall–Kier alpha value is -1.03. The molecule has 1 N–H and O–H groups in total. The molecule has 1 aromatic heterocycles. The van der Waals surface area contributed by atoms with Crippen LogP contribution in [-0.2, 0) is 11.2 Å². The van der Waals surface area contributed by atoms with Crippen LogP contribution in [0.2, 0.25) is 0 Å². The topological polar surface area (TPSA) is 55.1 Å². The van der Waals surface area contributed by atoms with E-state index < -0.39 is 5.38 Å². The predicted octanol–water partition coefficient (Wildman–Crippen LogP) is 1.58. The highest BCUT2D eigenvalue weighted by atomic mass is 35.5. The van der Waals surface area contributed by atoms with Gasteiger partial charge in [-0.2, -0.15) is 0 Å². The van der Waals surface area contributed by atoms with Crippen LogP contribution in [0.5, 0.6) is 0 Å². The molecule has 84 valence electrons. The van der Waals surface area contributed by atoms with Crippen LogP contribution >= 0.6 is 11.6 Å². The Morgan fingerprint density at radius 3 is 2.73 bits per heavy atom. The third-order valence-corrected chi connectivity index (χ3v) is 2.22. The molecule has 0 saturated carbocycles. The van der Waals surface area contributed by atoms with Gasteiger partial charge in [0, 0.05) is 19.9 Å². The molecule has 0 spiro atoms. The molecule has 0 radical (unpaired) electrons. The van der Waals surface area contributed by atoms with E-state index in [1.54, 1.807) is 13.8 Å². The van der Waals surface area contributed by atoms with Crippen molar-refractivity contribution in [2.45, 2.75) is 32.6 Å². The zero-order valence-electron chi connectivity index (χ0n) is 9.13. The molecular weight excluding hydrogens is 216 g/mol. The minimum Gasteiger partial charge on any atom is -0.446 e. The summed E-state index contributed by atoms with van der Waals surface area (Å²) in [6.45, 7) is 5.84. The highest BCUT2D eigenvalue weighted by Crippen LogP contribution is 2.08. The van der Waals surface area contributed by atoms with Crippen molar-refractivity contribution < 1.29 is 9.21 Å². The highest BCUT2D eigenvalue weighted by Gasteiger charge is 2.10. The van der Waals surface area contributed by atoms with Crippen LogP contribution in [0.1, 0.15) is 24.3 Å². The first-order valence-corrected chi connectivity index (χ1v) is 5.29. The van der Waals surface area contributed by atoms with Gasteiger partial charge in [-0.15, -0.1) is 11.6 Å². The molecule has 1 aromatic rings. The molecule has 0 saturated heterocycles. The van der Waals surface area contributed by atoms with Crippen molar-refractivity contribution in [3.63, 3.8) is 0 Å². The quantitative estimate of drug-likeness (QED) is 0.799. The van der Waals surface area contributed by atoms with Gasteiger partial charge in [0.15, 0.2) is 5.89 Å². The van der Waals surface area contributed by atoms with E-state index in [0.717, 1.165) is 11.5 Å². The first-order chi connectivity index (χ1) is 7.00. The Bertz CT molecular complexity index is 347. The molecule has 0 aliphatic rings. The molecule has 15 heavy (non-hydrogen) atoms. The minimum atomic E-state index is -0.495. The number of hydrogen-bond donors (Lipinski definition) is 1. The number of carbonyl (C=O) groups excluding carboxylic acids is 1. The van der Waals surface area contributed by atoms with E-state index in [4.69, 9.17) is 16.0 Å². The van der Waals surface area contributed by atoms with Crippen LogP contribution in [0.4, 0.5) is 0 Å². The van der Waals surface area contributed by atoms with Crippen molar-refractivity contribution in [2.24, 2.45) is 0 Å². The number of amides is 1. The maximum Gasteiger partial charge on any atom is 0.237 e. The number of oxazole rings is 1. The maximum absolute atomic E-state index is 11.1. The van der Waals surface area contributed by atoms with Gasteiger partial charge in [-0.1, -0.05) is 0 Å². The summed E-state index contributed by atoms with van der Waals surface area (Å²) >= 11 is 5.60. The number of aryl methyl sites for hydroxylation is 2. The third kappa shape index (κ3) is 3.55. The third-order valence-electron chi connectivity index (χ3n) is 2.02. The number of rotatable bonds is 4. The zero-order valence-corrected chi connectivity index (χ0v) is 9.89. The fourth-order valence-electron chi connectivity index (χ4n) is 1.25. The summed E-state index contributed by atoms with van der Waals surface area (Å²) < 4.78 is 5.27. The molecule has 0 aliphatic carbocycles. The van der Waals surface area contributed by atoms with E-state index >= 15 is 0 Å². The van der Waals surface area contributed by atoms with Gasteiger partial charge < -0.3 is 9.73 Å². The lowest BCUT2D eigenvalue weighted by Crippen LogP contribution is -2.31. The zero-order chi connectivity index (χ0) is 11.4. The lowest BCUT2D eigenvalue weighted by molar-refractivity contribution is -0.120. The first-order valence-electron chi connectivity index (χ1n) is 4.85. The first kappa shape index (κ1) is 12.0. The average molecular weight is 231 g/mol. The van der Waals surface area contributed by atoms with E-state index in [-0.39, 0.29) is 5.91 Å². The smallest absolute Gasteiger partial charge is 0.237 e. The standard InChI is InChI=1S/C10H15ClN2O2/c1-6(11)10(14)12-5-4-9-7(2)15-8(3)13-9/h6H,4-5H2,1-3H3,(H,12,14). The molecule has 1 heterocycles. The Kier molecular flexibility index (Phi) is 4.15. The SMILES string of the molecule is Cc1nc(CCNC(=O)C(C)Cl)c(C)o1. The Labute approximate surface area is 94.0 Å². The van der Waals surface area contributed by atoms with Gasteiger partial charge in [0.2, 0.25) is 5.91 Å².